The van der Waals surface area contributed by atoms with E-state index in [1.54, 1.807) is 27.6 Å². The minimum absolute atomic E-state index is 0.334. The summed E-state index contributed by atoms with van der Waals surface area (Å²) >= 11 is 12.3. The molecule has 1 aromatic carbocycles. The van der Waals surface area contributed by atoms with Gasteiger partial charge in [0.15, 0.2) is 0 Å². The molecule has 0 saturated carbocycles. The Morgan fingerprint density at radius 3 is 2.67 bits per heavy atom. The van der Waals surface area contributed by atoms with Gasteiger partial charge in [0.25, 0.3) is 0 Å². The number of nitrogens with two attached hydrogens (primary N) is 1. The van der Waals surface area contributed by atoms with Gasteiger partial charge in [0, 0.05) is 22.7 Å². The number of nitrogens with zero attached hydrogens (tertiary/aromatic N) is 3. The van der Waals surface area contributed by atoms with Gasteiger partial charge in [-0.2, -0.15) is 9.07 Å². The van der Waals surface area contributed by atoms with E-state index in [4.69, 9.17) is 17.3 Å². The predicted molar refractivity (Wildman–Crippen MR) is 92.4 cm³/mol. The molecule has 0 saturated heterocycles. The Hall–Kier alpha value is -1.22. The van der Waals surface area contributed by atoms with Crippen LogP contribution in [0.15, 0.2) is 44.4 Å². The van der Waals surface area contributed by atoms with Gasteiger partial charge >= 0.3 is 0 Å². The summed E-state index contributed by atoms with van der Waals surface area (Å²) in [4.78, 5) is 4.19. The van der Waals surface area contributed by atoms with Gasteiger partial charge in [-0.25, -0.2) is 0 Å². The number of nitrogens with one attached hydrogen (secondary N) is 1. The molecule has 2 heterocycles. The first kappa shape index (κ1) is 14.7. The number of hydrogen-bond acceptors (Lipinski definition) is 6. The fraction of sp³-hybridized carbons (Fsp3) is 0. The van der Waals surface area contributed by atoms with E-state index < -0.39 is 0 Å². The maximum absolute atomic E-state index is 5.87. The number of aromatic nitrogens is 3. The summed E-state index contributed by atoms with van der Waals surface area (Å²) in [6.45, 7) is 0. The molecule has 0 aliphatic carbocycles. The van der Waals surface area contributed by atoms with Gasteiger partial charge in [-0.15, -0.1) is 16.4 Å². The molecule has 3 aromatic rings. The lowest BCUT2D eigenvalue weighted by molar-refractivity contribution is 1.02. The molecule has 108 valence electrons. The highest BCUT2D eigenvalue weighted by Crippen LogP contribution is 2.32. The molecular weight excluding hydrogens is 394 g/mol. The number of halogens is 2. The van der Waals surface area contributed by atoms with Crippen molar-refractivity contribution in [1.29, 1.82) is 0 Å². The van der Waals surface area contributed by atoms with E-state index in [-0.39, 0.29) is 0 Å². The predicted octanol–water partition coefficient (Wildman–Crippen LogP) is 4.64. The minimum Gasteiger partial charge on any atom is -0.367 e. The third-order valence-corrected chi connectivity index (χ3v) is 5.33. The van der Waals surface area contributed by atoms with Gasteiger partial charge < -0.3 is 11.1 Å². The Morgan fingerprint density at radius 2 is 2.00 bits per heavy atom. The maximum atomic E-state index is 5.87. The van der Waals surface area contributed by atoms with E-state index in [1.165, 1.54) is 11.9 Å². The SMILES string of the molecule is Nc1nc(Nc2ccc(Cl)cc2)nn1Sc1ccc(Br)s1. The molecule has 0 bridgehead atoms. The lowest BCUT2D eigenvalue weighted by Gasteiger charge is -2.00. The lowest BCUT2D eigenvalue weighted by atomic mass is 10.3. The molecule has 0 spiro atoms. The molecule has 0 aliphatic heterocycles. The second kappa shape index (κ2) is 6.27. The van der Waals surface area contributed by atoms with Crippen molar-refractivity contribution in [2.45, 2.75) is 4.21 Å². The van der Waals surface area contributed by atoms with Crippen LogP contribution in [0.4, 0.5) is 17.6 Å². The normalized spacial score (nSPS) is 10.8. The molecule has 0 unspecified atom stereocenters. The van der Waals surface area contributed by atoms with E-state index in [2.05, 4.69) is 31.3 Å². The van der Waals surface area contributed by atoms with Crippen LogP contribution in [0.25, 0.3) is 0 Å². The molecule has 0 fully saturated rings. The summed E-state index contributed by atoms with van der Waals surface area (Å²) in [7, 11) is 0. The van der Waals surface area contributed by atoms with Crippen LogP contribution in [-0.4, -0.2) is 14.2 Å². The Morgan fingerprint density at radius 1 is 1.24 bits per heavy atom. The third-order valence-electron chi connectivity index (χ3n) is 2.43. The number of hydrogen-bond donors (Lipinski definition) is 2. The number of rotatable bonds is 4. The molecular formula is C12H9BrClN5S2. The van der Waals surface area contributed by atoms with E-state index >= 15 is 0 Å². The zero-order valence-electron chi connectivity index (χ0n) is 10.5. The molecule has 9 heteroatoms. The number of anilines is 3. The van der Waals surface area contributed by atoms with Crippen molar-refractivity contribution >= 4 is 68.4 Å². The molecule has 3 N–H and O–H groups in total. The lowest BCUT2D eigenvalue weighted by Crippen LogP contribution is -1.96. The quantitative estimate of drug-likeness (QED) is 0.665. The zero-order chi connectivity index (χ0) is 14.8. The summed E-state index contributed by atoms with van der Waals surface area (Å²) in [6.07, 6.45) is 0. The largest absolute Gasteiger partial charge is 0.367 e. The Bertz CT molecular complexity index is 755. The third kappa shape index (κ3) is 3.70. The second-order valence-corrected chi connectivity index (χ2v) is 8.07. The Kier molecular flexibility index (Phi) is 4.39. The van der Waals surface area contributed by atoms with Crippen LogP contribution >= 0.6 is 50.8 Å². The van der Waals surface area contributed by atoms with Crippen molar-refractivity contribution in [3.8, 4) is 0 Å². The fourth-order valence-electron chi connectivity index (χ4n) is 1.53. The van der Waals surface area contributed by atoms with Crippen LogP contribution < -0.4 is 11.1 Å². The first-order chi connectivity index (χ1) is 10.1. The van der Waals surface area contributed by atoms with Crippen molar-refractivity contribution in [2.75, 3.05) is 11.1 Å². The van der Waals surface area contributed by atoms with E-state index in [1.807, 2.05) is 24.3 Å². The first-order valence-corrected chi connectivity index (χ1v) is 8.55. The van der Waals surface area contributed by atoms with Gasteiger partial charge in [-0.05, 0) is 52.3 Å². The summed E-state index contributed by atoms with van der Waals surface area (Å²) in [5.41, 5.74) is 6.72. The second-order valence-electron chi connectivity index (χ2n) is 3.95. The maximum Gasteiger partial charge on any atom is 0.249 e. The van der Waals surface area contributed by atoms with Crippen LogP contribution in [0.5, 0.6) is 0 Å². The van der Waals surface area contributed by atoms with Crippen molar-refractivity contribution in [2.24, 2.45) is 0 Å². The highest BCUT2D eigenvalue weighted by Gasteiger charge is 2.10. The van der Waals surface area contributed by atoms with Crippen molar-refractivity contribution < 1.29 is 0 Å². The van der Waals surface area contributed by atoms with Crippen LogP contribution in [0.1, 0.15) is 0 Å². The Labute approximate surface area is 142 Å². The molecule has 0 radical (unpaired) electrons. The average molecular weight is 403 g/mol. The van der Waals surface area contributed by atoms with Crippen molar-refractivity contribution in [3.05, 3.63) is 45.2 Å². The number of nitrogen functional groups attached to an aromatic ring is 1. The molecule has 21 heavy (non-hydrogen) atoms. The van der Waals surface area contributed by atoms with Crippen LogP contribution in [-0.2, 0) is 0 Å². The highest BCUT2D eigenvalue weighted by molar-refractivity contribution is 9.11. The summed E-state index contributed by atoms with van der Waals surface area (Å²) in [6, 6.07) is 11.3. The van der Waals surface area contributed by atoms with E-state index in [0.29, 0.717) is 16.9 Å². The molecule has 2 aromatic heterocycles. The van der Waals surface area contributed by atoms with Crippen LogP contribution in [0, 0.1) is 0 Å². The number of benzene rings is 1. The van der Waals surface area contributed by atoms with Gasteiger partial charge in [-0.1, -0.05) is 11.6 Å². The fourth-order valence-corrected chi connectivity index (χ4v) is 4.27. The van der Waals surface area contributed by atoms with E-state index in [0.717, 1.165) is 13.7 Å². The highest BCUT2D eigenvalue weighted by atomic mass is 79.9. The summed E-state index contributed by atoms with van der Waals surface area (Å²) < 4.78 is 3.70. The van der Waals surface area contributed by atoms with Gasteiger partial charge in [0.05, 0.1) is 8.00 Å². The zero-order valence-corrected chi connectivity index (χ0v) is 14.4. The van der Waals surface area contributed by atoms with Gasteiger partial charge in [0.2, 0.25) is 11.9 Å². The average Bonchev–Trinajstić information content (AvgIpc) is 3.00. The summed E-state index contributed by atoms with van der Waals surface area (Å²) in [5, 5.41) is 8.08. The minimum atomic E-state index is 0.334. The Balaban J connectivity index is 1.76. The van der Waals surface area contributed by atoms with Crippen molar-refractivity contribution in [1.82, 2.24) is 14.2 Å². The summed E-state index contributed by atoms with van der Waals surface area (Å²) in [5.74, 6) is 0.777. The van der Waals surface area contributed by atoms with Crippen LogP contribution in [0.3, 0.4) is 0 Å². The van der Waals surface area contributed by atoms with Gasteiger partial charge in [0.1, 0.15) is 0 Å². The topological polar surface area (TPSA) is 68.8 Å². The molecule has 3 rings (SSSR count). The molecule has 0 atom stereocenters. The van der Waals surface area contributed by atoms with Crippen LogP contribution in [0.2, 0.25) is 5.02 Å². The van der Waals surface area contributed by atoms with E-state index in [9.17, 15) is 0 Å². The van der Waals surface area contributed by atoms with Crippen molar-refractivity contribution in [3.63, 3.8) is 0 Å². The monoisotopic (exact) mass is 401 g/mol. The number of thiophene rings is 1. The first-order valence-electron chi connectivity index (χ1n) is 5.79. The molecule has 0 amide bonds. The molecule has 5 nitrogen and oxygen atoms in total. The van der Waals surface area contributed by atoms with Gasteiger partial charge in [-0.3, -0.25) is 0 Å². The standard InChI is InChI=1S/C12H9BrClN5S2/c13-9-5-6-10(20-9)21-19-11(15)17-12(18-19)16-8-3-1-7(14)2-4-8/h1-6H,(H3,15,16,17,18). The smallest absolute Gasteiger partial charge is 0.249 e. The molecule has 0 aliphatic rings.